The van der Waals surface area contributed by atoms with Crippen LogP contribution in [-0.2, 0) is 6.42 Å². The molecule has 4 nitrogen and oxygen atoms in total. The Kier molecular flexibility index (Phi) is 6.59. The van der Waals surface area contributed by atoms with Crippen LogP contribution in [0, 0.1) is 12.8 Å². The van der Waals surface area contributed by atoms with Crippen LogP contribution in [0.25, 0.3) is 0 Å². The van der Waals surface area contributed by atoms with Crippen LogP contribution in [0.2, 0.25) is 0 Å². The minimum Gasteiger partial charge on any atom is -0.493 e. The molecule has 1 N–H and O–H groups in total. The summed E-state index contributed by atoms with van der Waals surface area (Å²) in [6.07, 6.45) is 1.80. The number of hydrogen-bond donors (Lipinski definition) is 1. The van der Waals surface area contributed by atoms with Crippen LogP contribution in [0.5, 0.6) is 5.75 Å². The summed E-state index contributed by atoms with van der Waals surface area (Å²) in [7, 11) is 0. The fraction of sp³-hybridized carbons (Fsp3) is 0.444. The topological polar surface area (TPSA) is 51.2 Å². The summed E-state index contributed by atoms with van der Waals surface area (Å²) in [5.74, 6) is 1.24. The van der Waals surface area contributed by atoms with E-state index in [4.69, 9.17) is 4.74 Å². The monoisotopic (exact) mass is 332 g/mol. The molecule has 0 fully saturated rings. The van der Waals surface area contributed by atoms with Gasteiger partial charge in [-0.25, -0.2) is 4.98 Å². The molecule has 1 heterocycles. The van der Waals surface area contributed by atoms with Gasteiger partial charge in [-0.15, -0.1) is 11.3 Å². The van der Waals surface area contributed by atoms with Crippen LogP contribution >= 0.6 is 11.3 Å². The first kappa shape index (κ1) is 17.5. The Bertz CT molecular complexity index is 620. The zero-order chi connectivity index (χ0) is 16.7. The molecule has 2 aromatic rings. The lowest BCUT2D eigenvalue weighted by Crippen LogP contribution is -2.24. The molecular formula is C18H24N2O2S. The third-order valence-corrected chi connectivity index (χ3v) is 4.25. The molecule has 0 aliphatic carbocycles. The number of nitrogens with one attached hydrogen (secondary N) is 1. The van der Waals surface area contributed by atoms with Crippen molar-refractivity contribution < 1.29 is 9.53 Å². The van der Waals surface area contributed by atoms with Gasteiger partial charge in [0.25, 0.3) is 5.91 Å². The average molecular weight is 332 g/mol. The number of hydrogen-bond acceptors (Lipinski definition) is 4. The fourth-order valence-corrected chi connectivity index (χ4v) is 2.84. The van der Waals surface area contributed by atoms with E-state index in [0.29, 0.717) is 24.6 Å². The number of thiazole rings is 1. The number of aryl methyl sites for hydroxylation is 2. The maximum Gasteiger partial charge on any atom is 0.251 e. The Balaban J connectivity index is 1.72. The van der Waals surface area contributed by atoms with Crippen LogP contribution in [0.15, 0.2) is 29.6 Å². The smallest absolute Gasteiger partial charge is 0.251 e. The Morgan fingerprint density at radius 1 is 1.30 bits per heavy atom. The van der Waals surface area contributed by atoms with E-state index in [2.05, 4.69) is 29.5 Å². The Hall–Kier alpha value is -1.88. The zero-order valence-electron chi connectivity index (χ0n) is 14.0. The molecule has 0 saturated heterocycles. The van der Waals surface area contributed by atoms with Crippen molar-refractivity contribution >= 4 is 17.2 Å². The van der Waals surface area contributed by atoms with Gasteiger partial charge < -0.3 is 10.1 Å². The second-order valence-electron chi connectivity index (χ2n) is 5.97. The third-order valence-electron chi connectivity index (χ3n) is 3.22. The SMILES string of the molecule is Cc1csc(CCCNC(=O)c2ccc(OCC(C)C)cc2)n1. The van der Waals surface area contributed by atoms with E-state index in [9.17, 15) is 4.79 Å². The molecule has 0 atom stereocenters. The van der Waals surface area contributed by atoms with Crippen LogP contribution < -0.4 is 10.1 Å². The highest BCUT2D eigenvalue weighted by atomic mass is 32.1. The number of rotatable bonds is 8. The van der Waals surface area contributed by atoms with Gasteiger partial charge in [-0.1, -0.05) is 13.8 Å². The molecule has 5 heteroatoms. The molecule has 0 radical (unpaired) electrons. The molecule has 1 aromatic carbocycles. The Morgan fingerprint density at radius 3 is 2.65 bits per heavy atom. The van der Waals surface area contributed by atoms with Gasteiger partial charge >= 0.3 is 0 Å². The maximum absolute atomic E-state index is 12.1. The van der Waals surface area contributed by atoms with Crippen LogP contribution in [0.4, 0.5) is 0 Å². The van der Waals surface area contributed by atoms with Gasteiger partial charge in [-0.3, -0.25) is 4.79 Å². The van der Waals surface area contributed by atoms with Crippen LogP contribution in [0.3, 0.4) is 0 Å². The van der Waals surface area contributed by atoms with E-state index in [-0.39, 0.29) is 5.91 Å². The summed E-state index contributed by atoms with van der Waals surface area (Å²) in [5.41, 5.74) is 1.72. The fourth-order valence-electron chi connectivity index (χ4n) is 2.03. The quantitative estimate of drug-likeness (QED) is 0.747. The summed E-state index contributed by atoms with van der Waals surface area (Å²) < 4.78 is 5.61. The van der Waals surface area contributed by atoms with Gasteiger partial charge in [0.2, 0.25) is 0 Å². The second kappa shape index (κ2) is 8.67. The van der Waals surface area contributed by atoms with Gasteiger partial charge in [-0.2, -0.15) is 0 Å². The molecule has 0 bridgehead atoms. The van der Waals surface area contributed by atoms with E-state index in [1.165, 1.54) is 0 Å². The van der Waals surface area contributed by atoms with E-state index < -0.39 is 0 Å². The number of aromatic nitrogens is 1. The zero-order valence-corrected chi connectivity index (χ0v) is 14.8. The predicted molar refractivity (Wildman–Crippen MR) is 94.3 cm³/mol. The first-order valence-corrected chi connectivity index (χ1v) is 8.84. The maximum atomic E-state index is 12.1. The molecule has 2 rings (SSSR count). The molecule has 1 aromatic heterocycles. The van der Waals surface area contributed by atoms with Crippen molar-refractivity contribution in [1.82, 2.24) is 10.3 Å². The third kappa shape index (κ3) is 6.02. The normalized spacial score (nSPS) is 10.8. The largest absolute Gasteiger partial charge is 0.493 e. The van der Waals surface area contributed by atoms with Crippen LogP contribution in [-0.4, -0.2) is 24.0 Å². The molecule has 23 heavy (non-hydrogen) atoms. The lowest BCUT2D eigenvalue weighted by Gasteiger charge is -2.09. The van der Waals surface area contributed by atoms with Gasteiger partial charge in [0.05, 0.1) is 11.6 Å². The number of amides is 1. The van der Waals surface area contributed by atoms with Crippen molar-refractivity contribution in [2.24, 2.45) is 5.92 Å². The number of carbonyl (C=O) groups excluding carboxylic acids is 1. The van der Waals surface area contributed by atoms with Crippen LogP contribution in [0.1, 0.15) is 41.3 Å². The minimum absolute atomic E-state index is 0.0456. The van der Waals surface area contributed by atoms with Crippen molar-refractivity contribution in [3.05, 3.63) is 45.9 Å². The number of nitrogens with zero attached hydrogens (tertiary/aromatic N) is 1. The van der Waals surface area contributed by atoms with E-state index in [1.807, 2.05) is 19.1 Å². The van der Waals surface area contributed by atoms with Gasteiger partial charge in [0, 0.05) is 29.6 Å². The lowest BCUT2D eigenvalue weighted by molar-refractivity contribution is 0.0953. The molecule has 124 valence electrons. The second-order valence-corrected chi connectivity index (χ2v) is 6.91. The summed E-state index contributed by atoms with van der Waals surface area (Å²) in [5, 5.41) is 6.12. The van der Waals surface area contributed by atoms with E-state index >= 15 is 0 Å². The summed E-state index contributed by atoms with van der Waals surface area (Å²) in [6, 6.07) is 7.29. The first-order chi connectivity index (χ1) is 11.0. The van der Waals surface area contributed by atoms with E-state index in [0.717, 1.165) is 29.3 Å². The Labute approximate surface area is 141 Å². The average Bonchev–Trinajstić information content (AvgIpc) is 2.95. The molecular weight excluding hydrogens is 308 g/mol. The summed E-state index contributed by atoms with van der Waals surface area (Å²) in [6.45, 7) is 7.55. The molecule has 0 spiro atoms. The van der Waals surface area contributed by atoms with Gasteiger partial charge in [0.1, 0.15) is 5.75 Å². The number of carbonyl (C=O) groups is 1. The highest BCUT2D eigenvalue weighted by molar-refractivity contribution is 7.09. The number of benzene rings is 1. The molecule has 0 aliphatic heterocycles. The minimum atomic E-state index is -0.0456. The summed E-state index contributed by atoms with van der Waals surface area (Å²) >= 11 is 1.68. The standard InChI is InChI=1S/C18H24N2O2S/c1-13(2)11-22-16-8-6-15(7-9-16)18(21)19-10-4-5-17-20-14(3)12-23-17/h6-9,12-13H,4-5,10-11H2,1-3H3,(H,19,21). The van der Waals surface area contributed by atoms with Crippen molar-refractivity contribution in [2.45, 2.75) is 33.6 Å². The number of ether oxygens (including phenoxy) is 1. The first-order valence-electron chi connectivity index (χ1n) is 7.96. The molecule has 0 unspecified atom stereocenters. The lowest BCUT2D eigenvalue weighted by atomic mass is 10.2. The highest BCUT2D eigenvalue weighted by Crippen LogP contribution is 2.13. The van der Waals surface area contributed by atoms with Gasteiger partial charge in [-0.05, 0) is 43.5 Å². The molecule has 0 aliphatic rings. The predicted octanol–water partition coefficient (Wildman–Crippen LogP) is 3.85. The van der Waals surface area contributed by atoms with Crippen molar-refractivity contribution in [3.8, 4) is 5.75 Å². The highest BCUT2D eigenvalue weighted by Gasteiger charge is 2.06. The van der Waals surface area contributed by atoms with Crippen molar-refractivity contribution in [3.63, 3.8) is 0 Å². The van der Waals surface area contributed by atoms with E-state index in [1.54, 1.807) is 23.5 Å². The van der Waals surface area contributed by atoms with Gasteiger partial charge in [0.15, 0.2) is 0 Å². The molecule has 0 saturated carbocycles. The van der Waals surface area contributed by atoms with Crippen molar-refractivity contribution in [1.29, 1.82) is 0 Å². The molecule has 1 amide bonds. The Morgan fingerprint density at radius 2 is 2.04 bits per heavy atom. The van der Waals surface area contributed by atoms with Crippen molar-refractivity contribution in [2.75, 3.05) is 13.2 Å². The summed E-state index contributed by atoms with van der Waals surface area (Å²) in [4.78, 5) is 16.5.